The van der Waals surface area contributed by atoms with E-state index in [0.717, 1.165) is 31.1 Å². The second-order valence-corrected chi connectivity index (χ2v) is 5.55. The molecule has 21 heavy (non-hydrogen) atoms. The topological polar surface area (TPSA) is 56.5 Å². The van der Waals surface area contributed by atoms with Gasteiger partial charge in [-0.1, -0.05) is 26.2 Å². The number of methoxy groups -OCH3 is 1. The maximum absolute atomic E-state index is 12.4. The normalized spacial score (nSPS) is 21.6. The monoisotopic (exact) mass is 290 g/mol. The summed E-state index contributed by atoms with van der Waals surface area (Å²) >= 11 is 0. The van der Waals surface area contributed by atoms with Crippen LogP contribution in [0.5, 0.6) is 0 Å². The van der Waals surface area contributed by atoms with E-state index in [0.29, 0.717) is 16.9 Å². The van der Waals surface area contributed by atoms with Gasteiger partial charge < -0.3 is 9.15 Å². The number of unbranched alkanes of at least 4 members (excludes halogenated alkanes) is 3. The van der Waals surface area contributed by atoms with Crippen molar-refractivity contribution >= 4 is 17.6 Å². The minimum atomic E-state index is -0.867. The van der Waals surface area contributed by atoms with Crippen LogP contribution in [-0.4, -0.2) is 24.8 Å². The third kappa shape index (κ3) is 2.60. The van der Waals surface area contributed by atoms with E-state index in [4.69, 9.17) is 9.15 Å². The Kier molecular flexibility index (Phi) is 4.78. The van der Waals surface area contributed by atoms with Gasteiger partial charge in [-0.15, -0.1) is 0 Å². The Balaban J connectivity index is 2.31. The van der Waals surface area contributed by atoms with Gasteiger partial charge in [0.05, 0.1) is 17.4 Å². The molecule has 4 heteroatoms. The number of rotatable bonds is 8. The van der Waals surface area contributed by atoms with E-state index in [1.165, 1.54) is 19.1 Å². The molecule has 0 saturated carbocycles. The van der Waals surface area contributed by atoms with Crippen molar-refractivity contribution in [3.8, 4) is 0 Å². The molecule has 0 aromatic carbocycles. The molecule has 1 atom stereocenters. The summed E-state index contributed by atoms with van der Waals surface area (Å²) in [6.45, 7) is 3.95. The number of aldehydes is 1. The molecule has 1 aliphatic rings. The summed E-state index contributed by atoms with van der Waals surface area (Å²) < 4.78 is 10.8. The number of ether oxygens (including phenoxy) is 1. The zero-order chi connectivity index (χ0) is 15.5. The highest BCUT2D eigenvalue weighted by atomic mass is 16.5. The molecular weight excluding hydrogens is 268 g/mol. The first-order valence-electron chi connectivity index (χ1n) is 7.46. The highest BCUT2D eigenvalue weighted by molar-refractivity contribution is 6.34. The van der Waals surface area contributed by atoms with Crippen LogP contribution in [0, 0.1) is 0 Å². The third-order valence-corrected chi connectivity index (χ3v) is 4.28. The van der Waals surface area contributed by atoms with Gasteiger partial charge in [0.1, 0.15) is 11.4 Å². The highest BCUT2D eigenvalue weighted by Gasteiger charge is 2.51. The number of ketones is 1. The fraction of sp³-hybridized carbons (Fsp3) is 0.529. The van der Waals surface area contributed by atoms with Crippen molar-refractivity contribution in [1.29, 1.82) is 0 Å². The molecule has 0 N–H and O–H groups in total. The predicted molar refractivity (Wildman–Crippen MR) is 80.2 cm³/mol. The number of hydrogen-bond acceptors (Lipinski definition) is 4. The number of furan rings is 1. The van der Waals surface area contributed by atoms with Crippen LogP contribution >= 0.6 is 0 Å². The highest BCUT2D eigenvalue weighted by Crippen LogP contribution is 2.46. The van der Waals surface area contributed by atoms with Gasteiger partial charge in [0.15, 0.2) is 6.29 Å². The average Bonchev–Trinajstić information content (AvgIpc) is 2.96. The lowest BCUT2D eigenvalue weighted by Gasteiger charge is -2.40. The van der Waals surface area contributed by atoms with Crippen LogP contribution in [0.25, 0.3) is 5.57 Å². The molecule has 0 saturated heterocycles. The van der Waals surface area contributed by atoms with Crippen molar-refractivity contribution in [2.45, 2.75) is 51.6 Å². The van der Waals surface area contributed by atoms with Gasteiger partial charge in [-0.25, -0.2) is 0 Å². The van der Waals surface area contributed by atoms with Crippen molar-refractivity contribution in [3.05, 3.63) is 29.2 Å². The van der Waals surface area contributed by atoms with Gasteiger partial charge in [0.2, 0.25) is 5.78 Å². The van der Waals surface area contributed by atoms with E-state index in [-0.39, 0.29) is 5.78 Å². The lowest BCUT2D eigenvalue weighted by Crippen LogP contribution is -2.49. The summed E-state index contributed by atoms with van der Waals surface area (Å²) in [5.41, 5.74) is 1.03. The summed E-state index contributed by atoms with van der Waals surface area (Å²) in [6, 6.07) is 1.58. The van der Waals surface area contributed by atoms with Gasteiger partial charge >= 0.3 is 0 Å². The molecule has 0 spiro atoms. The van der Waals surface area contributed by atoms with E-state index >= 15 is 0 Å². The van der Waals surface area contributed by atoms with Crippen molar-refractivity contribution in [2.75, 3.05) is 7.11 Å². The summed E-state index contributed by atoms with van der Waals surface area (Å²) in [7, 11) is 1.55. The first-order valence-corrected chi connectivity index (χ1v) is 7.46. The first-order chi connectivity index (χ1) is 10.1. The lowest BCUT2D eigenvalue weighted by atomic mass is 9.69. The fourth-order valence-electron chi connectivity index (χ4n) is 2.85. The summed E-state index contributed by atoms with van der Waals surface area (Å²) in [6.07, 6.45) is 7.44. The van der Waals surface area contributed by atoms with Crippen LogP contribution in [-0.2, 0) is 9.53 Å². The van der Waals surface area contributed by atoms with Crippen LogP contribution in [0.2, 0.25) is 0 Å². The minimum Gasteiger partial charge on any atom is -0.463 e. The molecule has 0 fully saturated rings. The van der Waals surface area contributed by atoms with Gasteiger partial charge in [-0.05, 0) is 31.4 Å². The smallest absolute Gasteiger partial charge is 0.202 e. The molecule has 0 aliphatic heterocycles. The molecule has 0 bridgehead atoms. The van der Waals surface area contributed by atoms with Crippen LogP contribution in [0.4, 0.5) is 0 Å². The standard InChI is InChI=1S/C17H22O4/c1-4-5-6-7-8-13-14(16(19)17(13,2)20-3)15-12(11-18)9-10-21-15/h9-11H,4-8H2,1-3H3. The molecule has 114 valence electrons. The van der Waals surface area contributed by atoms with Gasteiger partial charge in [0, 0.05) is 7.11 Å². The molecule has 4 nitrogen and oxygen atoms in total. The molecular formula is C17H22O4. The summed E-state index contributed by atoms with van der Waals surface area (Å²) in [5.74, 6) is 0.281. The Bertz CT molecular complexity index is 567. The van der Waals surface area contributed by atoms with Crippen molar-refractivity contribution in [3.63, 3.8) is 0 Å². The molecule has 1 aliphatic carbocycles. The molecule has 1 unspecified atom stereocenters. The van der Waals surface area contributed by atoms with Gasteiger partial charge in [-0.3, -0.25) is 9.59 Å². The first kappa shape index (κ1) is 15.7. The van der Waals surface area contributed by atoms with Crippen molar-refractivity contribution < 1.29 is 18.7 Å². The molecule has 1 aromatic rings. The fourth-order valence-corrected chi connectivity index (χ4v) is 2.85. The van der Waals surface area contributed by atoms with Crippen molar-refractivity contribution in [2.24, 2.45) is 0 Å². The van der Waals surface area contributed by atoms with Gasteiger partial charge in [0.25, 0.3) is 0 Å². The molecule has 1 heterocycles. The Morgan fingerprint density at radius 2 is 2.10 bits per heavy atom. The van der Waals surface area contributed by atoms with Crippen LogP contribution in [0.1, 0.15) is 62.1 Å². The van der Waals surface area contributed by atoms with E-state index in [1.807, 2.05) is 0 Å². The third-order valence-electron chi connectivity index (χ3n) is 4.28. The SMILES string of the molecule is CCCCCCC1=C(c2occc2C=O)C(=O)C1(C)OC. The maximum atomic E-state index is 12.4. The van der Waals surface area contributed by atoms with E-state index in [2.05, 4.69) is 6.92 Å². The predicted octanol–water partition coefficient (Wildman–Crippen LogP) is 3.80. The second-order valence-electron chi connectivity index (χ2n) is 5.55. The largest absolute Gasteiger partial charge is 0.463 e. The van der Waals surface area contributed by atoms with E-state index in [9.17, 15) is 9.59 Å². The second kappa shape index (κ2) is 6.39. The Morgan fingerprint density at radius 3 is 2.71 bits per heavy atom. The maximum Gasteiger partial charge on any atom is 0.202 e. The van der Waals surface area contributed by atoms with E-state index in [1.54, 1.807) is 20.1 Å². The zero-order valence-electron chi connectivity index (χ0n) is 12.9. The molecule has 0 amide bonds. The van der Waals surface area contributed by atoms with Crippen LogP contribution in [0.3, 0.4) is 0 Å². The molecule has 1 aromatic heterocycles. The quantitative estimate of drug-likeness (QED) is 0.539. The summed E-state index contributed by atoms with van der Waals surface area (Å²) in [4.78, 5) is 23.5. The zero-order valence-corrected chi connectivity index (χ0v) is 12.9. The number of carbonyl (C=O) groups excluding carboxylic acids is 2. The van der Waals surface area contributed by atoms with E-state index < -0.39 is 5.60 Å². The number of hydrogen-bond donors (Lipinski definition) is 0. The van der Waals surface area contributed by atoms with Crippen LogP contribution < -0.4 is 0 Å². The lowest BCUT2D eigenvalue weighted by molar-refractivity contribution is -0.132. The summed E-state index contributed by atoms with van der Waals surface area (Å²) in [5, 5.41) is 0. The van der Waals surface area contributed by atoms with Crippen LogP contribution in [0.15, 0.2) is 22.3 Å². The Labute approximate surface area is 125 Å². The molecule has 0 radical (unpaired) electrons. The minimum absolute atomic E-state index is 0.103. The Morgan fingerprint density at radius 1 is 1.33 bits per heavy atom. The average molecular weight is 290 g/mol. The number of Topliss-reactive ketones (excluding diaryl/α,β-unsaturated/α-hetero) is 1. The number of carbonyl (C=O) groups is 2. The van der Waals surface area contributed by atoms with Gasteiger partial charge in [-0.2, -0.15) is 0 Å². The van der Waals surface area contributed by atoms with Crippen molar-refractivity contribution in [1.82, 2.24) is 0 Å². The Hall–Kier alpha value is -1.68. The molecule has 2 rings (SSSR count).